The lowest BCUT2D eigenvalue weighted by molar-refractivity contribution is -0.137. The molecule has 8 heteroatoms. The van der Waals surface area contributed by atoms with Crippen LogP contribution in [0.5, 0.6) is 0 Å². The van der Waals surface area contributed by atoms with Crippen molar-refractivity contribution in [3.05, 3.63) is 65.2 Å². The SMILES string of the molecule is O=C(NC1CCN(c2ccccc2C(=O)NC2CC2)CC1)c1ccc(C(F)(F)F)cc1. The Hall–Kier alpha value is -3.03. The fourth-order valence-corrected chi connectivity index (χ4v) is 3.78. The van der Waals surface area contributed by atoms with Gasteiger partial charge in [-0.25, -0.2) is 0 Å². The largest absolute Gasteiger partial charge is 0.416 e. The van der Waals surface area contributed by atoms with E-state index in [4.69, 9.17) is 0 Å². The zero-order valence-corrected chi connectivity index (χ0v) is 16.9. The average Bonchev–Trinajstić information content (AvgIpc) is 3.58. The molecule has 1 saturated heterocycles. The van der Waals surface area contributed by atoms with Gasteiger partial charge in [-0.15, -0.1) is 0 Å². The van der Waals surface area contributed by atoms with Crippen molar-refractivity contribution in [2.24, 2.45) is 0 Å². The van der Waals surface area contributed by atoms with E-state index in [0.29, 0.717) is 31.5 Å². The van der Waals surface area contributed by atoms with Gasteiger partial charge in [0.15, 0.2) is 0 Å². The van der Waals surface area contributed by atoms with Crippen LogP contribution in [0.2, 0.25) is 0 Å². The summed E-state index contributed by atoms with van der Waals surface area (Å²) in [5.74, 6) is -0.438. The van der Waals surface area contributed by atoms with E-state index in [1.54, 1.807) is 0 Å². The van der Waals surface area contributed by atoms with E-state index < -0.39 is 11.7 Å². The van der Waals surface area contributed by atoms with Crippen LogP contribution >= 0.6 is 0 Å². The molecule has 0 aromatic heterocycles. The van der Waals surface area contributed by atoms with Gasteiger partial charge >= 0.3 is 6.18 Å². The maximum Gasteiger partial charge on any atom is 0.416 e. The van der Waals surface area contributed by atoms with E-state index in [0.717, 1.165) is 30.7 Å². The monoisotopic (exact) mass is 431 g/mol. The summed E-state index contributed by atoms with van der Waals surface area (Å²) in [6, 6.07) is 12.0. The van der Waals surface area contributed by atoms with E-state index in [1.807, 2.05) is 24.3 Å². The normalized spacial score (nSPS) is 17.3. The van der Waals surface area contributed by atoms with Gasteiger partial charge in [-0.2, -0.15) is 13.2 Å². The van der Waals surface area contributed by atoms with Gasteiger partial charge in [-0.3, -0.25) is 9.59 Å². The molecule has 31 heavy (non-hydrogen) atoms. The van der Waals surface area contributed by atoms with Crippen LogP contribution in [0, 0.1) is 0 Å². The first-order valence-electron chi connectivity index (χ1n) is 10.4. The molecular formula is C23H24F3N3O2. The Morgan fingerprint density at radius 3 is 2.00 bits per heavy atom. The molecule has 0 atom stereocenters. The molecule has 0 radical (unpaired) electrons. The highest BCUT2D eigenvalue weighted by Crippen LogP contribution is 2.29. The topological polar surface area (TPSA) is 61.4 Å². The summed E-state index contributed by atoms with van der Waals surface area (Å²) in [5.41, 5.74) is 0.967. The summed E-state index contributed by atoms with van der Waals surface area (Å²) in [4.78, 5) is 27.1. The number of alkyl halides is 3. The van der Waals surface area contributed by atoms with Crippen molar-refractivity contribution in [3.63, 3.8) is 0 Å². The lowest BCUT2D eigenvalue weighted by atomic mass is 10.0. The van der Waals surface area contributed by atoms with Gasteiger partial charge in [0, 0.05) is 36.4 Å². The fourth-order valence-electron chi connectivity index (χ4n) is 3.78. The third-order valence-electron chi connectivity index (χ3n) is 5.71. The number of carbonyl (C=O) groups is 2. The van der Waals surface area contributed by atoms with Crippen molar-refractivity contribution in [1.29, 1.82) is 0 Å². The molecule has 1 aliphatic heterocycles. The molecule has 2 N–H and O–H groups in total. The number of anilines is 1. The minimum Gasteiger partial charge on any atom is -0.371 e. The van der Waals surface area contributed by atoms with Crippen LogP contribution in [0.3, 0.4) is 0 Å². The van der Waals surface area contributed by atoms with Gasteiger partial charge in [0.05, 0.1) is 11.1 Å². The number of hydrogen-bond acceptors (Lipinski definition) is 3. The Kier molecular flexibility index (Phi) is 5.89. The maximum atomic E-state index is 12.7. The van der Waals surface area contributed by atoms with Crippen LogP contribution in [0.15, 0.2) is 48.5 Å². The van der Waals surface area contributed by atoms with Crippen molar-refractivity contribution < 1.29 is 22.8 Å². The van der Waals surface area contributed by atoms with Crippen LogP contribution in [-0.4, -0.2) is 37.0 Å². The maximum absolute atomic E-state index is 12.7. The number of hydrogen-bond donors (Lipinski definition) is 2. The van der Waals surface area contributed by atoms with Crippen molar-refractivity contribution in [2.75, 3.05) is 18.0 Å². The van der Waals surface area contributed by atoms with Crippen molar-refractivity contribution in [1.82, 2.24) is 10.6 Å². The standard InChI is InChI=1S/C23H24F3N3O2/c24-23(25,26)16-7-5-15(6-8-16)21(30)27-18-11-13-29(14-12-18)20-4-2-1-3-19(20)22(31)28-17-9-10-17/h1-8,17-18H,9-14H2,(H,27,30)(H,28,31). The molecule has 1 saturated carbocycles. The van der Waals surface area contributed by atoms with Crippen LogP contribution < -0.4 is 15.5 Å². The third-order valence-corrected chi connectivity index (χ3v) is 5.71. The molecule has 0 unspecified atom stereocenters. The minimum atomic E-state index is -4.42. The Balaban J connectivity index is 1.34. The van der Waals surface area contributed by atoms with E-state index in [9.17, 15) is 22.8 Å². The van der Waals surface area contributed by atoms with E-state index in [-0.39, 0.29) is 29.5 Å². The van der Waals surface area contributed by atoms with Gasteiger partial charge in [0.2, 0.25) is 0 Å². The summed E-state index contributed by atoms with van der Waals surface area (Å²) >= 11 is 0. The number of carbonyl (C=O) groups excluding carboxylic acids is 2. The predicted molar refractivity (Wildman–Crippen MR) is 111 cm³/mol. The highest BCUT2D eigenvalue weighted by molar-refractivity contribution is 6.00. The second-order valence-electron chi connectivity index (χ2n) is 8.07. The third kappa shape index (κ3) is 5.18. The number of halogens is 3. The van der Waals surface area contributed by atoms with Gasteiger partial charge in [0.25, 0.3) is 11.8 Å². The number of nitrogens with one attached hydrogen (secondary N) is 2. The molecule has 164 valence electrons. The van der Waals surface area contributed by atoms with Crippen molar-refractivity contribution >= 4 is 17.5 Å². The molecule has 2 amide bonds. The first-order valence-corrected chi connectivity index (χ1v) is 10.4. The van der Waals surface area contributed by atoms with Crippen LogP contribution in [-0.2, 0) is 6.18 Å². The average molecular weight is 431 g/mol. The van der Waals surface area contributed by atoms with Gasteiger partial charge in [-0.1, -0.05) is 12.1 Å². The van der Waals surface area contributed by atoms with E-state index in [2.05, 4.69) is 15.5 Å². The highest BCUT2D eigenvalue weighted by Gasteiger charge is 2.31. The zero-order chi connectivity index (χ0) is 22.0. The van der Waals surface area contributed by atoms with Gasteiger partial charge in [0.1, 0.15) is 0 Å². The van der Waals surface area contributed by atoms with Crippen LogP contribution in [0.1, 0.15) is 52.0 Å². The second-order valence-corrected chi connectivity index (χ2v) is 8.07. The second kappa shape index (κ2) is 8.61. The van der Waals surface area contributed by atoms with E-state index >= 15 is 0 Å². The molecule has 2 aliphatic rings. The molecule has 2 aromatic rings. The summed E-state index contributed by atoms with van der Waals surface area (Å²) in [6.07, 6.45) is -1.00. The molecule has 4 rings (SSSR count). The fraction of sp³-hybridized carbons (Fsp3) is 0.391. The zero-order valence-electron chi connectivity index (χ0n) is 16.9. The number of para-hydroxylation sites is 1. The van der Waals surface area contributed by atoms with E-state index in [1.165, 1.54) is 12.1 Å². The molecule has 5 nitrogen and oxygen atoms in total. The summed E-state index contributed by atoms with van der Waals surface area (Å²) in [7, 11) is 0. The molecule has 2 fully saturated rings. The highest BCUT2D eigenvalue weighted by atomic mass is 19.4. The summed E-state index contributed by atoms with van der Waals surface area (Å²) in [6.45, 7) is 1.34. The van der Waals surface area contributed by atoms with Gasteiger partial charge in [-0.05, 0) is 62.1 Å². The van der Waals surface area contributed by atoms with Crippen molar-refractivity contribution in [3.8, 4) is 0 Å². The van der Waals surface area contributed by atoms with Crippen LogP contribution in [0.4, 0.5) is 18.9 Å². The predicted octanol–water partition coefficient (Wildman–Crippen LogP) is 4.00. The minimum absolute atomic E-state index is 0.0594. The molecular weight excluding hydrogens is 407 g/mol. The number of amides is 2. The number of benzene rings is 2. The smallest absolute Gasteiger partial charge is 0.371 e. The first kappa shape index (κ1) is 21.2. The number of rotatable bonds is 5. The molecule has 0 spiro atoms. The van der Waals surface area contributed by atoms with Crippen LogP contribution in [0.25, 0.3) is 0 Å². The summed E-state index contributed by atoms with van der Waals surface area (Å²) in [5, 5.41) is 5.93. The first-order chi connectivity index (χ1) is 14.8. The quantitative estimate of drug-likeness (QED) is 0.753. The molecule has 1 aliphatic carbocycles. The Labute approximate surface area is 178 Å². The Morgan fingerprint density at radius 2 is 1.39 bits per heavy atom. The lowest BCUT2D eigenvalue weighted by Gasteiger charge is -2.35. The lowest BCUT2D eigenvalue weighted by Crippen LogP contribution is -2.45. The molecule has 2 aromatic carbocycles. The van der Waals surface area contributed by atoms with Gasteiger partial charge < -0.3 is 15.5 Å². The number of piperidine rings is 1. The Morgan fingerprint density at radius 1 is 0.806 bits per heavy atom. The molecule has 0 bridgehead atoms. The Bertz CT molecular complexity index is 947. The van der Waals surface area contributed by atoms with Crippen molar-refractivity contribution in [2.45, 2.75) is 43.9 Å². The number of nitrogens with zero attached hydrogens (tertiary/aromatic N) is 1. The molecule has 1 heterocycles. The summed E-state index contributed by atoms with van der Waals surface area (Å²) < 4.78 is 38.0.